The third kappa shape index (κ3) is 3.77. The Balaban J connectivity index is 1.58. The third-order valence-corrected chi connectivity index (χ3v) is 3.47. The Kier molecular flexibility index (Phi) is 4.64. The molecule has 0 saturated heterocycles. The highest BCUT2D eigenvalue weighted by Crippen LogP contribution is 2.15. The Hall–Kier alpha value is -3.36. The van der Waals surface area contributed by atoms with Gasteiger partial charge in [0, 0.05) is 5.56 Å². The van der Waals surface area contributed by atoms with Crippen LogP contribution in [0.15, 0.2) is 54.1 Å². The van der Waals surface area contributed by atoms with Gasteiger partial charge in [0.15, 0.2) is 0 Å². The van der Waals surface area contributed by atoms with Gasteiger partial charge in [0.2, 0.25) is 0 Å². The van der Waals surface area contributed by atoms with Crippen LogP contribution in [0.4, 0.5) is 0 Å². The molecule has 2 aromatic heterocycles. The minimum Gasteiger partial charge on any atom is -0.494 e. The molecule has 0 aliphatic rings. The Labute approximate surface area is 140 Å². The van der Waals surface area contributed by atoms with E-state index in [9.17, 15) is 9.59 Å². The molecule has 3 rings (SSSR count). The molecule has 2 heterocycles. The Bertz CT molecular complexity index is 983. The van der Waals surface area contributed by atoms with Crippen LogP contribution in [0.1, 0.15) is 24.6 Å². The smallest absolute Gasteiger partial charge is 0.442 e. The highest BCUT2D eigenvalue weighted by Gasteiger charge is 2.09. The van der Waals surface area contributed by atoms with E-state index in [1.807, 2.05) is 18.2 Å². The summed E-state index contributed by atoms with van der Waals surface area (Å²) in [5.41, 5.74) is -0.294. The van der Waals surface area contributed by atoms with Gasteiger partial charge in [0.25, 0.3) is 0 Å². The fourth-order valence-electron chi connectivity index (χ4n) is 2.21. The van der Waals surface area contributed by atoms with Crippen LogP contribution in [0.25, 0.3) is 5.84 Å². The quantitative estimate of drug-likeness (QED) is 0.236. The summed E-state index contributed by atoms with van der Waals surface area (Å²) >= 11 is 0. The molecule has 0 atom stereocenters. The number of aryl methyl sites for hydroxylation is 1. The van der Waals surface area contributed by atoms with Crippen molar-refractivity contribution in [3.8, 4) is 5.75 Å². The van der Waals surface area contributed by atoms with Gasteiger partial charge in [-0.05, 0) is 31.9 Å². The number of ether oxygens (including phenoxy) is 1. The molecule has 0 fully saturated rings. The summed E-state index contributed by atoms with van der Waals surface area (Å²) in [4.78, 5) is 26.2. The monoisotopic (exact) mass is 345 g/mol. The highest BCUT2D eigenvalue weighted by atomic mass is 16.6. The second-order valence-corrected chi connectivity index (χ2v) is 5.27. The predicted octanol–water partition coefficient (Wildman–Crippen LogP) is 1.45. The van der Waals surface area contributed by atoms with Crippen LogP contribution >= 0.6 is 0 Å². The summed E-state index contributed by atoms with van der Waals surface area (Å²) < 4.78 is 16.1. The van der Waals surface area contributed by atoms with E-state index in [1.54, 1.807) is 13.0 Å². The average Bonchev–Trinajstić information content (AvgIpc) is 3.00. The molecule has 0 spiro atoms. The van der Waals surface area contributed by atoms with E-state index in [4.69, 9.17) is 18.9 Å². The molecule has 9 heteroatoms. The summed E-state index contributed by atoms with van der Waals surface area (Å²) in [6.07, 6.45) is 2.68. The zero-order valence-electron chi connectivity index (χ0n) is 13.3. The summed E-state index contributed by atoms with van der Waals surface area (Å²) in [5.74, 6) is 0.597. The average molecular weight is 345 g/mol. The normalized spacial score (nSPS) is 11.8. The molecule has 0 aliphatic carbocycles. The first-order valence-electron chi connectivity index (χ1n) is 7.51. The van der Waals surface area contributed by atoms with E-state index < -0.39 is 11.3 Å². The van der Waals surface area contributed by atoms with Crippen molar-refractivity contribution in [3.63, 3.8) is 0 Å². The minimum absolute atomic E-state index is 0.0630. The van der Waals surface area contributed by atoms with Crippen molar-refractivity contribution in [3.05, 3.63) is 62.6 Å². The molecular weight excluding hydrogens is 330 g/mol. The molecule has 0 radical (unpaired) electrons. The van der Waals surface area contributed by atoms with Crippen molar-refractivity contribution in [2.45, 2.75) is 19.8 Å². The zero-order chi connectivity index (χ0) is 17.8. The number of benzene rings is 1. The number of fused-ring (bicyclic) bond motifs is 1. The van der Waals surface area contributed by atoms with Crippen molar-refractivity contribution in [2.75, 3.05) is 6.61 Å². The minimum atomic E-state index is -1.09. The summed E-state index contributed by atoms with van der Waals surface area (Å²) in [6, 6.07) is 7.22. The van der Waals surface area contributed by atoms with Crippen molar-refractivity contribution < 1.29 is 18.9 Å². The van der Waals surface area contributed by atoms with Crippen LogP contribution in [-0.2, 0) is 6.42 Å². The van der Waals surface area contributed by atoms with E-state index in [1.165, 1.54) is 6.20 Å². The first-order valence-corrected chi connectivity index (χ1v) is 7.51. The Morgan fingerprint density at radius 2 is 2.20 bits per heavy atom. The van der Waals surface area contributed by atoms with Gasteiger partial charge in [0.1, 0.15) is 5.75 Å². The SMILES string of the molecule is C/C(=N\O)c1cccc(OCCCc2cn3oc(=O)c(=O)oc3n2)c1. The summed E-state index contributed by atoms with van der Waals surface area (Å²) in [6.45, 7) is 2.12. The van der Waals surface area contributed by atoms with Crippen molar-refractivity contribution in [1.82, 2.24) is 9.56 Å². The van der Waals surface area contributed by atoms with Crippen LogP contribution in [0.3, 0.4) is 0 Å². The van der Waals surface area contributed by atoms with Crippen LogP contribution in [0.5, 0.6) is 5.75 Å². The lowest BCUT2D eigenvalue weighted by Gasteiger charge is -2.07. The topological polar surface area (TPSA) is 120 Å². The fourth-order valence-corrected chi connectivity index (χ4v) is 2.21. The van der Waals surface area contributed by atoms with E-state index in [2.05, 4.69) is 10.1 Å². The number of nitrogens with zero attached hydrogens (tertiary/aromatic N) is 3. The summed E-state index contributed by atoms with van der Waals surface area (Å²) in [7, 11) is 0. The number of oxime groups is 1. The van der Waals surface area contributed by atoms with Crippen LogP contribution in [0, 0.1) is 0 Å². The predicted molar refractivity (Wildman–Crippen MR) is 86.5 cm³/mol. The molecule has 0 saturated carbocycles. The Morgan fingerprint density at radius 3 is 3.00 bits per heavy atom. The lowest BCUT2D eigenvalue weighted by molar-refractivity contribution is 0.275. The lowest BCUT2D eigenvalue weighted by atomic mass is 10.1. The third-order valence-electron chi connectivity index (χ3n) is 3.47. The van der Waals surface area contributed by atoms with Crippen molar-refractivity contribution in [1.29, 1.82) is 0 Å². The number of imidazole rings is 1. The zero-order valence-corrected chi connectivity index (χ0v) is 13.3. The van der Waals surface area contributed by atoms with E-state index in [0.717, 1.165) is 10.1 Å². The maximum Gasteiger partial charge on any atom is 0.442 e. The molecule has 1 aromatic carbocycles. The molecular formula is C16H15N3O6. The van der Waals surface area contributed by atoms with Crippen LogP contribution in [0.2, 0.25) is 0 Å². The maximum absolute atomic E-state index is 11.1. The molecule has 0 aliphatic heterocycles. The first-order chi connectivity index (χ1) is 12.1. The van der Waals surface area contributed by atoms with Gasteiger partial charge in [-0.2, -0.15) is 4.98 Å². The highest BCUT2D eigenvalue weighted by molar-refractivity contribution is 5.98. The molecule has 9 nitrogen and oxygen atoms in total. The second-order valence-electron chi connectivity index (χ2n) is 5.27. The molecule has 1 N–H and O–H groups in total. The van der Waals surface area contributed by atoms with E-state index in [0.29, 0.717) is 36.6 Å². The molecule has 25 heavy (non-hydrogen) atoms. The number of aromatic nitrogens is 2. The van der Waals surface area contributed by atoms with Crippen LogP contribution < -0.4 is 16.0 Å². The Morgan fingerprint density at radius 1 is 1.36 bits per heavy atom. The largest absolute Gasteiger partial charge is 0.494 e. The molecule has 0 amide bonds. The van der Waals surface area contributed by atoms with E-state index in [-0.39, 0.29) is 5.84 Å². The number of hydrogen-bond donors (Lipinski definition) is 1. The van der Waals surface area contributed by atoms with Gasteiger partial charge in [0.05, 0.1) is 24.2 Å². The lowest BCUT2D eigenvalue weighted by Crippen LogP contribution is -2.22. The molecule has 0 bridgehead atoms. The summed E-state index contributed by atoms with van der Waals surface area (Å²) in [5, 5.41) is 12.0. The van der Waals surface area contributed by atoms with Crippen molar-refractivity contribution in [2.24, 2.45) is 5.16 Å². The number of rotatable bonds is 6. The fraction of sp³-hybridized carbons (Fsp3) is 0.250. The van der Waals surface area contributed by atoms with Crippen molar-refractivity contribution >= 4 is 11.6 Å². The van der Waals surface area contributed by atoms with Gasteiger partial charge < -0.3 is 18.9 Å². The molecule has 0 unspecified atom stereocenters. The molecule has 130 valence electrons. The second kappa shape index (κ2) is 7.04. The van der Waals surface area contributed by atoms with Gasteiger partial charge in [-0.1, -0.05) is 17.3 Å². The van der Waals surface area contributed by atoms with Gasteiger partial charge in [-0.3, -0.25) is 0 Å². The maximum atomic E-state index is 11.1. The van der Waals surface area contributed by atoms with E-state index >= 15 is 0 Å². The van der Waals surface area contributed by atoms with Gasteiger partial charge in [-0.15, -0.1) is 4.57 Å². The van der Waals surface area contributed by atoms with Crippen LogP contribution in [-0.4, -0.2) is 27.1 Å². The van der Waals surface area contributed by atoms with Gasteiger partial charge in [-0.25, -0.2) is 9.59 Å². The standard InChI is InChI=1S/C16H15N3O6/c1-10(18-22)11-4-2-6-13(8-11)23-7-3-5-12-9-19-16(17-12)24-14(20)15(21)25-19/h2,4,6,8-9,22H,3,5,7H2,1H3/b18-10+. The first kappa shape index (κ1) is 16.5. The molecule has 3 aromatic rings. The number of hydrogen-bond acceptors (Lipinski definition) is 8. The van der Waals surface area contributed by atoms with Gasteiger partial charge >= 0.3 is 17.1 Å².